The van der Waals surface area contributed by atoms with Gasteiger partial charge < -0.3 is 89.5 Å². The number of Topliss-reactive ketones (excluding diaryl/α,β-unsaturated/α-hetero) is 1. The predicted octanol–water partition coefficient (Wildman–Crippen LogP) is 4.64. The van der Waals surface area contributed by atoms with Crippen LogP contribution in [0.25, 0.3) is 0 Å². The van der Waals surface area contributed by atoms with Crippen LogP contribution in [0, 0.1) is 29.6 Å². The largest absolute Gasteiger partial charge is 0.445 e. The number of carbonyl (C=O) groups excluding carboxylic acids is 8. The van der Waals surface area contributed by atoms with Gasteiger partial charge in [-0.3, -0.25) is 33.7 Å². The highest BCUT2D eigenvalue weighted by Crippen LogP contribution is 2.58. The molecule has 1 spiro atoms. The van der Waals surface area contributed by atoms with Gasteiger partial charge in [0.05, 0.1) is 112 Å². The van der Waals surface area contributed by atoms with Crippen molar-refractivity contribution >= 4 is 53.1 Å². The molecule has 9 saturated heterocycles. The lowest BCUT2D eigenvalue weighted by molar-refractivity contribution is -0.281. The van der Waals surface area contributed by atoms with E-state index < -0.39 is 89.9 Å². The molecule has 11 aliphatic rings. The highest BCUT2D eigenvalue weighted by molar-refractivity contribution is 6.12. The van der Waals surface area contributed by atoms with Crippen molar-refractivity contribution in [3.8, 4) is 0 Å². The summed E-state index contributed by atoms with van der Waals surface area (Å²) in [6, 6.07) is 3.62. The number of nitrogens with two attached hydrogens (primary N) is 1. The first kappa shape index (κ1) is 73.0. The number of nitrogens with one attached hydrogen (secondary N) is 5. The summed E-state index contributed by atoms with van der Waals surface area (Å²) in [5.74, 6) is -3.30. The molecule has 12 bridgehead atoms. The Morgan fingerprint density at radius 1 is 0.755 bits per heavy atom. The Kier molecular flexibility index (Phi) is 24.6. The number of aliphatic hydroxyl groups is 1. The number of urea groups is 1. The number of nitrogens with zero attached hydrogens (tertiary/aromatic N) is 1. The van der Waals surface area contributed by atoms with Crippen LogP contribution >= 0.6 is 0 Å². The van der Waals surface area contributed by atoms with Crippen molar-refractivity contribution in [3.05, 3.63) is 66.3 Å². The standard InChI is InChI=1S/C71H101N7O20/c1-38(2)61(77-58(81)20-24-89-26-27-90-25-23-78-59(82)17-18-60(78)83)68(85)76-52(8-7-22-73-69(72)86)67(84)75-44-12-9-42(10-13-44)37-91-70(87)74-36-46(80)33-56-63(88-6)50-32-45(79)31-48-14-11-43-30-51-64-57-35-71(97-64,98-66(62(43)94-48)65(51)96-57)21-19-49-29-40(4)53(92-49)16-15-47-28-39(3)41(5)54(93-47)34-55(50)95-56/h9-10,12-13,17-18,38-39,43,46-57,61-66,80H,4-5,7-8,11,14-16,19-37H2,1-3,6H3,(H,74,87)(H,75,84)(H,76,85)(H,77,81)(H3,72,73,86)/t39-,43-,46+,47+,48-,49+,50+,51+,52+,53+,54-,55+,56-,57-,61+,62+,63-,64?,65-,66+,71+/m1/s1. The molecule has 1 aliphatic carbocycles. The summed E-state index contributed by atoms with van der Waals surface area (Å²) in [7, 11) is 1.59. The zero-order valence-electron chi connectivity index (χ0n) is 56.9. The Morgan fingerprint density at radius 2 is 1.49 bits per heavy atom. The number of hydrogen-bond acceptors (Lipinski definition) is 20. The fourth-order valence-corrected chi connectivity index (χ4v) is 16.4. The molecule has 8 amide bonds. The van der Waals surface area contributed by atoms with E-state index in [9.17, 15) is 43.5 Å². The summed E-state index contributed by atoms with van der Waals surface area (Å²) in [6.45, 7) is 15.0. The first-order chi connectivity index (χ1) is 47.1. The van der Waals surface area contributed by atoms with Crippen molar-refractivity contribution in [2.45, 2.75) is 240 Å². The van der Waals surface area contributed by atoms with Gasteiger partial charge in [0.15, 0.2) is 5.79 Å². The third-order valence-electron chi connectivity index (χ3n) is 21.5. The monoisotopic (exact) mass is 1370 g/mol. The molecule has 0 aromatic heterocycles. The summed E-state index contributed by atoms with van der Waals surface area (Å²) < 4.78 is 71.1. The van der Waals surface area contributed by atoms with Crippen molar-refractivity contribution in [1.82, 2.24) is 26.2 Å². The molecule has 0 radical (unpaired) electrons. The zero-order valence-corrected chi connectivity index (χ0v) is 56.9. The van der Waals surface area contributed by atoms with Crippen LogP contribution in [-0.4, -0.2) is 214 Å². The van der Waals surface area contributed by atoms with Crippen LogP contribution in [0.2, 0.25) is 0 Å². The molecule has 10 heterocycles. The fraction of sp³-hybridized carbons (Fsp3) is 0.718. The van der Waals surface area contributed by atoms with Gasteiger partial charge in [0.25, 0.3) is 11.8 Å². The van der Waals surface area contributed by atoms with Gasteiger partial charge >= 0.3 is 12.1 Å². The minimum absolute atomic E-state index is 0.00308. The fourth-order valence-electron chi connectivity index (χ4n) is 16.4. The van der Waals surface area contributed by atoms with Crippen LogP contribution in [0.4, 0.5) is 15.3 Å². The summed E-state index contributed by atoms with van der Waals surface area (Å²) >= 11 is 0. The smallest absolute Gasteiger partial charge is 0.407 e. The lowest BCUT2D eigenvalue weighted by Crippen LogP contribution is -2.56. The third-order valence-corrected chi connectivity index (χ3v) is 21.5. The third kappa shape index (κ3) is 18.1. The Balaban J connectivity index is 0.658. The average Bonchev–Trinajstić information content (AvgIpc) is 1.55. The Morgan fingerprint density at radius 3 is 2.24 bits per heavy atom. The molecule has 12 rings (SSSR count). The number of ether oxygens (including phenoxy) is 11. The average molecular weight is 1370 g/mol. The first-order valence-corrected chi connectivity index (χ1v) is 35.4. The molecule has 27 nitrogen and oxygen atoms in total. The van der Waals surface area contributed by atoms with E-state index in [2.05, 4.69) is 46.7 Å². The van der Waals surface area contributed by atoms with Crippen molar-refractivity contribution in [3.63, 3.8) is 0 Å². The number of rotatable bonds is 26. The Hall–Kier alpha value is -6.24. The number of methoxy groups -OCH3 is 1. The predicted molar refractivity (Wildman–Crippen MR) is 351 cm³/mol. The van der Waals surface area contributed by atoms with E-state index in [1.165, 1.54) is 12.2 Å². The van der Waals surface area contributed by atoms with Crippen LogP contribution in [0.5, 0.6) is 0 Å². The number of primary amides is 1. The maximum atomic E-state index is 14.6. The van der Waals surface area contributed by atoms with Crippen LogP contribution < -0.4 is 32.3 Å². The van der Waals surface area contributed by atoms with Crippen LogP contribution in [0.15, 0.2) is 60.7 Å². The van der Waals surface area contributed by atoms with Crippen molar-refractivity contribution in [2.24, 2.45) is 35.3 Å². The van der Waals surface area contributed by atoms with Crippen molar-refractivity contribution in [1.29, 1.82) is 0 Å². The van der Waals surface area contributed by atoms with Crippen LogP contribution in [0.3, 0.4) is 0 Å². The van der Waals surface area contributed by atoms with Crippen LogP contribution in [0.1, 0.15) is 135 Å². The number of carbonyl (C=O) groups is 8. The second-order valence-corrected chi connectivity index (χ2v) is 28.8. The van der Waals surface area contributed by atoms with E-state index in [0.717, 1.165) is 67.4 Å². The summed E-state index contributed by atoms with van der Waals surface area (Å²) in [5.41, 5.74) is 8.26. The lowest BCUT2D eigenvalue weighted by atomic mass is 9.70. The van der Waals surface area contributed by atoms with E-state index in [-0.39, 0.29) is 182 Å². The minimum atomic E-state index is -1.10. The number of hydrogen-bond donors (Lipinski definition) is 7. The molecule has 10 fully saturated rings. The number of benzene rings is 1. The molecule has 1 aromatic rings. The van der Waals surface area contributed by atoms with Gasteiger partial charge in [-0.2, -0.15) is 0 Å². The summed E-state index contributed by atoms with van der Waals surface area (Å²) in [4.78, 5) is 104. The zero-order chi connectivity index (χ0) is 69.4. The van der Waals surface area contributed by atoms with Gasteiger partial charge in [0.1, 0.15) is 30.6 Å². The van der Waals surface area contributed by atoms with Gasteiger partial charge in [-0.15, -0.1) is 0 Å². The molecule has 1 aromatic carbocycles. The highest BCUT2D eigenvalue weighted by Gasteiger charge is 2.68. The van der Waals surface area contributed by atoms with Gasteiger partial charge in [0.2, 0.25) is 17.7 Å². The van der Waals surface area contributed by atoms with Crippen molar-refractivity contribution < 1.29 is 95.6 Å². The molecule has 21 atom stereocenters. The number of fused-ring (bicyclic) bond motifs is 6. The molecule has 1 unspecified atom stereocenters. The first-order valence-electron chi connectivity index (χ1n) is 35.4. The minimum Gasteiger partial charge on any atom is -0.445 e. The number of aliphatic hydroxyl groups excluding tert-OH is 1. The summed E-state index contributed by atoms with van der Waals surface area (Å²) in [5, 5.41) is 25.0. The molecular formula is C71H101N7O20. The van der Waals surface area contributed by atoms with Gasteiger partial charge in [0, 0.05) is 94.8 Å². The van der Waals surface area contributed by atoms with E-state index in [1.807, 2.05) is 0 Å². The quantitative estimate of drug-likeness (QED) is 0.0377. The van der Waals surface area contributed by atoms with E-state index in [0.29, 0.717) is 30.5 Å². The van der Waals surface area contributed by atoms with Gasteiger partial charge in [-0.1, -0.05) is 46.1 Å². The van der Waals surface area contributed by atoms with Crippen molar-refractivity contribution in [2.75, 3.05) is 58.5 Å². The lowest BCUT2D eigenvalue weighted by Gasteiger charge is -2.47. The van der Waals surface area contributed by atoms with E-state index in [1.54, 1.807) is 45.2 Å². The molecule has 540 valence electrons. The molecule has 10 aliphatic heterocycles. The number of anilines is 1. The molecular weight excluding hydrogens is 1270 g/mol. The van der Waals surface area contributed by atoms with Crippen LogP contribution in [-0.2, 0) is 87.5 Å². The second kappa shape index (κ2) is 33.0. The number of imide groups is 1. The topological polar surface area (TPSA) is 348 Å². The molecule has 98 heavy (non-hydrogen) atoms. The molecule has 8 N–H and O–H groups in total. The van der Waals surface area contributed by atoms with E-state index in [4.69, 9.17) is 57.8 Å². The molecule has 27 heteroatoms. The van der Waals surface area contributed by atoms with E-state index >= 15 is 0 Å². The number of alkyl carbamates (subject to hydrolysis) is 1. The normalized spacial score (nSPS) is 34.4. The maximum Gasteiger partial charge on any atom is 0.407 e. The number of amides is 8. The maximum absolute atomic E-state index is 14.6. The van der Waals surface area contributed by atoms with Gasteiger partial charge in [-0.05, 0) is 111 Å². The Labute approximate surface area is 572 Å². The summed E-state index contributed by atoms with van der Waals surface area (Å²) in [6.07, 6.45) is 6.38. The number of ketones is 1. The Bertz CT molecular complexity index is 3060. The van der Waals surface area contributed by atoms with Gasteiger partial charge in [-0.25, -0.2) is 9.59 Å². The SMILES string of the molecule is C=C1C[C@@H]2CC[C@@]34C[C@H]5O[C@H]6[C@@H](O3)[C@H]3O[C@H](CC[C@@H]3C[C@H]6C5O4)CC(=O)C[C@@H]3[C@@H](OC)[C@@H](C[C@H](O)CNC(=O)OCc4ccc(NC(=O)[C@H](CCCNC(N)=O)NC(=O)[C@@H](NC(=O)CCOCCOCCN5C(=O)C=CC5=O)C(C)C)cc4)O[C@H]3C[C@H]3O[C@@H](CC[C@@H]1O2)C[C@@H](C)C3=C. The molecule has 1 saturated carbocycles. The highest BCUT2D eigenvalue weighted by atomic mass is 16.8. The second-order valence-electron chi connectivity index (χ2n) is 28.8.